The lowest BCUT2D eigenvalue weighted by Crippen LogP contribution is -2.34. The van der Waals surface area contributed by atoms with E-state index in [2.05, 4.69) is 40.4 Å². The predicted octanol–water partition coefficient (Wildman–Crippen LogP) is 3.65. The number of hydrogen-bond acceptors (Lipinski definition) is 5. The summed E-state index contributed by atoms with van der Waals surface area (Å²) in [5.74, 6) is 0.536. The second-order valence-corrected chi connectivity index (χ2v) is 7.21. The van der Waals surface area contributed by atoms with E-state index in [0.717, 1.165) is 42.6 Å². The van der Waals surface area contributed by atoms with Crippen molar-refractivity contribution in [3.8, 4) is 0 Å². The standard InChI is InChI=1S/C17H26N4OS/c1-4-22-13(3)17-18-15(11-23-17)10-21-7-5-6-14(9-21)16-8-12(2)19-20-16/h8,11,13-14H,4-7,9-10H2,1-3H3,(H,19,20)/t13-,14+/m1/s1. The first-order valence-electron chi connectivity index (χ1n) is 8.46. The number of piperidine rings is 1. The van der Waals surface area contributed by atoms with Crippen LogP contribution in [0, 0.1) is 6.92 Å². The topological polar surface area (TPSA) is 54.0 Å². The summed E-state index contributed by atoms with van der Waals surface area (Å²) >= 11 is 1.71. The Hall–Kier alpha value is -1.24. The molecule has 2 aromatic heterocycles. The van der Waals surface area contributed by atoms with Gasteiger partial charge in [-0.2, -0.15) is 5.10 Å². The van der Waals surface area contributed by atoms with Gasteiger partial charge in [0.1, 0.15) is 11.1 Å². The van der Waals surface area contributed by atoms with Crippen LogP contribution in [0.3, 0.4) is 0 Å². The molecular formula is C17H26N4OS. The van der Waals surface area contributed by atoms with Crippen LogP contribution in [0.4, 0.5) is 0 Å². The van der Waals surface area contributed by atoms with Crippen LogP contribution in [0.1, 0.15) is 60.8 Å². The third-order valence-corrected chi connectivity index (χ3v) is 5.42. The molecular weight excluding hydrogens is 308 g/mol. The van der Waals surface area contributed by atoms with E-state index in [9.17, 15) is 0 Å². The fourth-order valence-electron chi connectivity index (χ4n) is 3.22. The zero-order chi connectivity index (χ0) is 16.2. The molecule has 0 bridgehead atoms. The maximum atomic E-state index is 5.63. The van der Waals surface area contributed by atoms with Crippen molar-refractivity contribution in [1.82, 2.24) is 20.1 Å². The molecule has 0 spiro atoms. The summed E-state index contributed by atoms with van der Waals surface area (Å²) in [6.45, 7) is 10.0. The Labute approximate surface area is 142 Å². The first-order chi connectivity index (χ1) is 11.2. The van der Waals surface area contributed by atoms with Crippen molar-refractivity contribution in [1.29, 1.82) is 0 Å². The molecule has 0 saturated carbocycles. The number of rotatable bonds is 6. The smallest absolute Gasteiger partial charge is 0.122 e. The summed E-state index contributed by atoms with van der Waals surface area (Å²) in [7, 11) is 0. The number of nitrogens with zero attached hydrogens (tertiary/aromatic N) is 3. The van der Waals surface area contributed by atoms with Gasteiger partial charge in [-0.1, -0.05) is 0 Å². The lowest BCUT2D eigenvalue weighted by atomic mass is 9.94. The van der Waals surface area contributed by atoms with Crippen LogP contribution in [0.25, 0.3) is 0 Å². The van der Waals surface area contributed by atoms with Crippen LogP contribution < -0.4 is 0 Å². The van der Waals surface area contributed by atoms with Gasteiger partial charge in [-0.05, 0) is 46.2 Å². The first-order valence-corrected chi connectivity index (χ1v) is 9.33. The van der Waals surface area contributed by atoms with E-state index >= 15 is 0 Å². The highest BCUT2D eigenvalue weighted by Gasteiger charge is 2.24. The Morgan fingerprint density at radius 2 is 2.39 bits per heavy atom. The summed E-state index contributed by atoms with van der Waals surface area (Å²) < 4.78 is 5.63. The lowest BCUT2D eigenvalue weighted by molar-refractivity contribution is 0.0759. The molecule has 0 radical (unpaired) electrons. The fraction of sp³-hybridized carbons (Fsp3) is 0.647. The average molecular weight is 334 g/mol. The molecule has 1 N–H and O–H groups in total. The number of nitrogens with one attached hydrogen (secondary N) is 1. The van der Waals surface area contributed by atoms with E-state index in [1.54, 1.807) is 11.3 Å². The van der Waals surface area contributed by atoms with Crippen molar-refractivity contribution >= 4 is 11.3 Å². The molecule has 23 heavy (non-hydrogen) atoms. The molecule has 3 heterocycles. The molecule has 126 valence electrons. The zero-order valence-electron chi connectivity index (χ0n) is 14.2. The Balaban J connectivity index is 1.59. The monoisotopic (exact) mass is 334 g/mol. The molecule has 1 aliphatic rings. The minimum absolute atomic E-state index is 0.0971. The Morgan fingerprint density at radius 3 is 3.13 bits per heavy atom. The molecule has 6 heteroatoms. The number of hydrogen-bond donors (Lipinski definition) is 1. The van der Waals surface area contributed by atoms with Gasteiger partial charge in [0, 0.05) is 36.7 Å². The first kappa shape index (κ1) is 16.6. The van der Waals surface area contributed by atoms with Crippen LogP contribution in [0.2, 0.25) is 0 Å². The number of thiazole rings is 1. The zero-order valence-corrected chi connectivity index (χ0v) is 15.0. The minimum atomic E-state index is 0.0971. The third-order valence-electron chi connectivity index (χ3n) is 4.37. The minimum Gasteiger partial charge on any atom is -0.372 e. The molecule has 5 nitrogen and oxygen atoms in total. The fourth-order valence-corrected chi connectivity index (χ4v) is 4.03. The number of likely N-dealkylation sites (tertiary alicyclic amines) is 1. The van der Waals surface area contributed by atoms with E-state index in [4.69, 9.17) is 9.72 Å². The molecule has 0 aromatic carbocycles. The van der Waals surface area contributed by atoms with Gasteiger partial charge in [0.2, 0.25) is 0 Å². The van der Waals surface area contributed by atoms with Gasteiger partial charge in [-0.3, -0.25) is 10.00 Å². The highest BCUT2D eigenvalue weighted by Crippen LogP contribution is 2.28. The molecule has 1 fully saturated rings. The molecule has 0 unspecified atom stereocenters. The van der Waals surface area contributed by atoms with Gasteiger partial charge in [-0.15, -0.1) is 11.3 Å². The Morgan fingerprint density at radius 1 is 1.52 bits per heavy atom. The van der Waals surface area contributed by atoms with Gasteiger partial charge in [-0.25, -0.2) is 4.98 Å². The van der Waals surface area contributed by atoms with Gasteiger partial charge >= 0.3 is 0 Å². The van der Waals surface area contributed by atoms with E-state index in [0.29, 0.717) is 5.92 Å². The summed E-state index contributed by atoms with van der Waals surface area (Å²) in [4.78, 5) is 7.26. The average Bonchev–Trinajstić information content (AvgIpc) is 3.17. The Kier molecular flexibility index (Phi) is 5.46. The van der Waals surface area contributed by atoms with Crippen molar-refractivity contribution in [2.24, 2.45) is 0 Å². The number of aromatic amines is 1. The van der Waals surface area contributed by atoms with Crippen LogP contribution >= 0.6 is 11.3 Å². The quantitative estimate of drug-likeness (QED) is 0.876. The van der Waals surface area contributed by atoms with E-state index in [-0.39, 0.29) is 6.10 Å². The van der Waals surface area contributed by atoms with Crippen molar-refractivity contribution in [3.63, 3.8) is 0 Å². The molecule has 2 aromatic rings. The van der Waals surface area contributed by atoms with Crippen molar-refractivity contribution in [2.45, 2.75) is 52.2 Å². The molecule has 0 amide bonds. The summed E-state index contributed by atoms with van der Waals surface area (Å²) in [6, 6.07) is 2.18. The molecule has 3 rings (SSSR count). The largest absolute Gasteiger partial charge is 0.372 e. The maximum absolute atomic E-state index is 5.63. The van der Waals surface area contributed by atoms with Crippen LogP contribution in [-0.4, -0.2) is 39.8 Å². The van der Waals surface area contributed by atoms with Gasteiger partial charge < -0.3 is 4.74 Å². The highest BCUT2D eigenvalue weighted by atomic mass is 32.1. The number of aryl methyl sites for hydroxylation is 1. The van der Waals surface area contributed by atoms with Crippen molar-refractivity contribution in [2.75, 3.05) is 19.7 Å². The molecule has 0 aliphatic carbocycles. The Bertz CT molecular complexity index is 624. The number of H-pyrrole nitrogens is 1. The van der Waals surface area contributed by atoms with E-state index < -0.39 is 0 Å². The van der Waals surface area contributed by atoms with Gasteiger partial charge in [0.25, 0.3) is 0 Å². The molecule has 2 atom stereocenters. The van der Waals surface area contributed by atoms with Crippen LogP contribution in [0.5, 0.6) is 0 Å². The normalized spacial score (nSPS) is 20.7. The van der Waals surface area contributed by atoms with Crippen LogP contribution in [0.15, 0.2) is 11.4 Å². The molecule has 1 saturated heterocycles. The second-order valence-electron chi connectivity index (χ2n) is 6.32. The summed E-state index contributed by atoms with van der Waals surface area (Å²) in [6.07, 6.45) is 2.55. The number of aromatic nitrogens is 3. The van der Waals surface area contributed by atoms with Gasteiger partial charge in [0.15, 0.2) is 0 Å². The van der Waals surface area contributed by atoms with Crippen molar-refractivity contribution < 1.29 is 4.74 Å². The summed E-state index contributed by atoms with van der Waals surface area (Å²) in [5.41, 5.74) is 3.51. The lowest BCUT2D eigenvalue weighted by Gasteiger charge is -2.31. The van der Waals surface area contributed by atoms with Crippen molar-refractivity contribution in [3.05, 3.63) is 33.5 Å². The van der Waals surface area contributed by atoms with Gasteiger partial charge in [0.05, 0.1) is 11.4 Å². The summed E-state index contributed by atoms with van der Waals surface area (Å²) in [5, 5.41) is 10.8. The second kappa shape index (κ2) is 7.55. The van der Waals surface area contributed by atoms with E-state index in [1.807, 2.05) is 6.92 Å². The third kappa shape index (κ3) is 4.19. The molecule has 1 aliphatic heterocycles. The SMILES string of the molecule is CCO[C@H](C)c1nc(CN2CCC[C@H](c3cc(C)[nH]n3)C2)cs1. The highest BCUT2D eigenvalue weighted by molar-refractivity contribution is 7.09. The van der Waals surface area contributed by atoms with E-state index in [1.165, 1.54) is 18.5 Å². The van der Waals surface area contributed by atoms with Crippen LogP contribution in [-0.2, 0) is 11.3 Å². The predicted molar refractivity (Wildman–Crippen MR) is 92.7 cm³/mol. The number of ether oxygens (including phenoxy) is 1. The maximum Gasteiger partial charge on any atom is 0.122 e.